The molecule has 0 amide bonds. The summed E-state index contributed by atoms with van der Waals surface area (Å²) in [7, 11) is 1.78. The number of aryl methyl sites for hydroxylation is 2. The fourth-order valence-electron chi connectivity index (χ4n) is 3.58. The van der Waals surface area contributed by atoms with E-state index in [1.807, 2.05) is 54.8 Å². The number of hydrogen-bond donors (Lipinski definition) is 0. The summed E-state index contributed by atoms with van der Waals surface area (Å²) < 4.78 is 44.8. The zero-order valence-corrected chi connectivity index (χ0v) is 15.7. The number of aromatic nitrogens is 3. The van der Waals surface area contributed by atoms with Crippen molar-refractivity contribution >= 4 is 10.9 Å². The van der Waals surface area contributed by atoms with Gasteiger partial charge in [0.1, 0.15) is 5.82 Å². The molecule has 0 bridgehead atoms. The number of hydrogen-bond acceptors (Lipinski definition) is 1. The van der Waals surface area contributed by atoms with E-state index in [2.05, 4.69) is 4.98 Å². The van der Waals surface area contributed by atoms with Crippen LogP contribution >= 0.6 is 0 Å². The fraction of sp³-hybridized carbons (Fsp3) is 0.182. The number of para-hydroxylation sites is 1. The van der Waals surface area contributed by atoms with Gasteiger partial charge in [0.15, 0.2) is 5.69 Å². The lowest BCUT2D eigenvalue weighted by Gasteiger charge is -2.15. The Labute approximate surface area is 160 Å². The van der Waals surface area contributed by atoms with E-state index in [4.69, 9.17) is 0 Å². The first-order valence-electron chi connectivity index (χ1n) is 8.87. The molecule has 0 saturated heterocycles. The Balaban J connectivity index is 2.11. The van der Waals surface area contributed by atoms with Crippen LogP contribution in [0, 0.1) is 13.8 Å². The third-order valence-electron chi connectivity index (χ3n) is 5.05. The van der Waals surface area contributed by atoms with Crippen molar-refractivity contribution in [1.82, 2.24) is 9.55 Å². The Hall–Kier alpha value is -3.15. The number of nitrogens with zero attached hydrogens (tertiary/aromatic N) is 3. The summed E-state index contributed by atoms with van der Waals surface area (Å²) in [5, 5.41) is 0.962. The first kappa shape index (κ1) is 18.2. The minimum atomic E-state index is -4.46. The second kappa shape index (κ2) is 6.48. The van der Waals surface area contributed by atoms with Crippen molar-refractivity contribution in [3.05, 3.63) is 77.7 Å². The van der Waals surface area contributed by atoms with Crippen molar-refractivity contribution in [3.63, 3.8) is 0 Å². The molecule has 142 valence electrons. The standard InChI is InChI=1S/C22H19F3N3/c1-14-8-9-16-6-4-5-7-19(16)28(14)20-13-17(22(23,24)25)12-18(15(20)2)21-26-10-11-27(21)3/h4-13H,1-3H3/q+1. The third kappa shape index (κ3) is 2.95. The third-order valence-corrected chi connectivity index (χ3v) is 5.05. The molecule has 0 N–H and O–H groups in total. The van der Waals surface area contributed by atoms with Gasteiger partial charge in [-0.25, -0.2) is 4.98 Å². The molecule has 0 saturated carbocycles. The van der Waals surface area contributed by atoms with Crippen molar-refractivity contribution in [1.29, 1.82) is 0 Å². The van der Waals surface area contributed by atoms with Crippen LogP contribution in [-0.4, -0.2) is 9.55 Å². The van der Waals surface area contributed by atoms with Crippen molar-refractivity contribution in [2.24, 2.45) is 7.05 Å². The molecule has 4 aromatic rings. The monoisotopic (exact) mass is 382 g/mol. The van der Waals surface area contributed by atoms with E-state index in [0.717, 1.165) is 22.2 Å². The minimum Gasteiger partial charge on any atom is -0.334 e. The van der Waals surface area contributed by atoms with Crippen LogP contribution in [0.25, 0.3) is 28.0 Å². The molecular formula is C22H19F3N3+. The van der Waals surface area contributed by atoms with Crippen molar-refractivity contribution < 1.29 is 17.7 Å². The lowest BCUT2D eigenvalue weighted by atomic mass is 10.00. The molecule has 4 rings (SSSR count). The summed E-state index contributed by atoms with van der Waals surface area (Å²) in [4.78, 5) is 4.28. The van der Waals surface area contributed by atoms with Gasteiger partial charge in [-0.3, -0.25) is 0 Å². The smallest absolute Gasteiger partial charge is 0.334 e. The van der Waals surface area contributed by atoms with Crippen LogP contribution in [0.15, 0.2) is 60.9 Å². The number of fused-ring (bicyclic) bond motifs is 1. The molecule has 0 aliphatic rings. The lowest BCUT2D eigenvalue weighted by Crippen LogP contribution is -2.36. The molecule has 0 aliphatic carbocycles. The molecule has 2 heterocycles. The number of alkyl halides is 3. The number of rotatable bonds is 2. The number of benzene rings is 2. The summed E-state index contributed by atoms with van der Waals surface area (Å²) in [6.07, 6.45) is -1.14. The van der Waals surface area contributed by atoms with Gasteiger partial charge in [-0.1, -0.05) is 12.1 Å². The summed E-state index contributed by atoms with van der Waals surface area (Å²) in [5.74, 6) is 0.503. The minimum absolute atomic E-state index is 0.470. The molecule has 3 nitrogen and oxygen atoms in total. The molecule has 2 aromatic carbocycles. The van der Waals surface area contributed by atoms with E-state index in [1.165, 1.54) is 12.1 Å². The van der Waals surface area contributed by atoms with Crippen molar-refractivity contribution in [2.75, 3.05) is 0 Å². The van der Waals surface area contributed by atoms with E-state index in [-0.39, 0.29) is 0 Å². The predicted molar refractivity (Wildman–Crippen MR) is 102 cm³/mol. The van der Waals surface area contributed by atoms with Crippen LogP contribution < -0.4 is 4.57 Å². The van der Waals surface area contributed by atoms with Crippen LogP contribution in [0.4, 0.5) is 13.2 Å². The Morgan fingerprint density at radius 3 is 2.43 bits per heavy atom. The van der Waals surface area contributed by atoms with E-state index in [1.54, 1.807) is 24.0 Å². The average Bonchev–Trinajstić information content (AvgIpc) is 3.07. The number of imidazole rings is 1. The molecule has 0 spiro atoms. The van der Waals surface area contributed by atoms with Gasteiger partial charge >= 0.3 is 6.18 Å². The van der Waals surface area contributed by atoms with Gasteiger partial charge < -0.3 is 4.57 Å². The van der Waals surface area contributed by atoms with Gasteiger partial charge in [0.2, 0.25) is 11.2 Å². The largest absolute Gasteiger partial charge is 0.416 e. The summed E-state index contributed by atoms with van der Waals surface area (Å²) in [5.41, 5.74) is 2.74. The van der Waals surface area contributed by atoms with Gasteiger partial charge in [-0.2, -0.15) is 17.7 Å². The van der Waals surface area contributed by atoms with Crippen LogP contribution in [0.1, 0.15) is 16.8 Å². The molecule has 0 aliphatic heterocycles. The molecule has 0 atom stereocenters. The second-order valence-corrected chi connectivity index (χ2v) is 6.90. The molecular weight excluding hydrogens is 363 g/mol. The van der Waals surface area contributed by atoms with Gasteiger partial charge in [0, 0.05) is 61.1 Å². The molecule has 0 unspecified atom stereocenters. The molecule has 0 radical (unpaired) electrons. The average molecular weight is 382 g/mol. The zero-order chi connectivity index (χ0) is 20.1. The lowest BCUT2D eigenvalue weighted by molar-refractivity contribution is -0.575. The van der Waals surface area contributed by atoms with Gasteiger partial charge in [0.05, 0.1) is 5.56 Å². The highest BCUT2D eigenvalue weighted by Gasteiger charge is 2.34. The first-order chi connectivity index (χ1) is 13.3. The van der Waals surface area contributed by atoms with Crippen LogP contribution in [0.3, 0.4) is 0 Å². The topological polar surface area (TPSA) is 21.7 Å². The maximum atomic E-state index is 13.7. The Morgan fingerprint density at radius 2 is 1.75 bits per heavy atom. The van der Waals surface area contributed by atoms with Crippen LogP contribution in [-0.2, 0) is 13.2 Å². The fourth-order valence-corrected chi connectivity index (χ4v) is 3.58. The maximum Gasteiger partial charge on any atom is 0.416 e. The highest BCUT2D eigenvalue weighted by atomic mass is 19.4. The van der Waals surface area contributed by atoms with Crippen molar-refractivity contribution in [2.45, 2.75) is 20.0 Å². The zero-order valence-electron chi connectivity index (χ0n) is 15.7. The Morgan fingerprint density at radius 1 is 1.00 bits per heavy atom. The van der Waals surface area contributed by atoms with E-state index < -0.39 is 11.7 Å². The van der Waals surface area contributed by atoms with Gasteiger partial charge in [-0.05, 0) is 25.1 Å². The first-order valence-corrected chi connectivity index (χ1v) is 8.87. The summed E-state index contributed by atoms with van der Waals surface area (Å²) in [6, 6.07) is 14.0. The number of pyridine rings is 1. The van der Waals surface area contributed by atoms with Crippen molar-refractivity contribution in [3.8, 4) is 17.1 Å². The van der Waals surface area contributed by atoms with E-state index in [9.17, 15) is 13.2 Å². The molecule has 28 heavy (non-hydrogen) atoms. The van der Waals surface area contributed by atoms with Crippen LogP contribution in [0.2, 0.25) is 0 Å². The predicted octanol–water partition coefficient (Wildman–Crippen LogP) is 5.15. The van der Waals surface area contributed by atoms with E-state index in [0.29, 0.717) is 17.1 Å². The van der Waals surface area contributed by atoms with E-state index >= 15 is 0 Å². The quantitative estimate of drug-likeness (QED) is 0.439. The highest BCUT2D eigenvalue weighted by molar-refractivity contribution is 5.76. The Bertz CT molecular complexity index is 1190. The molecule has 0 fully saturated rings. The Kier molecular flexibility index (Phi) is 4.22. The summed E-state index contributed by atoms with van der Waals surface area (Å²) >= 11 is 0. The second-order valence-electron chi connectivity index (χ2n) is 6.90. The SMILES string of the molecule is Cc1c(-c2nccn2C)cc(C(F)(F)F)cc1-[n+]1c(C)ccc2ccccc21. The van der Waals surface area contributed by atoms with Crippen LogP contribution in [0.5, 0.6) is 0 Å². The molecule has 6 heteroatoms. The normalized spacial score (nSPS) is 11.9. The number of halogens is 3. The van der Waals surface area contributed by atoms with Gasteiger partial charge in [-0.15, -0.1) is 0 Å². The summed E-state index contributed by atoms with van der Waals surface area (Å²) in [6.45, 7) is 3.74. The van der Waals surface area contributed by atoms with Gasteiger partial charge in [0.25, 0.3) is 0 Å². The molecule has 2 aromatic heterocycles. The maximum absolute atomic E-state index is 13.7. The highest BCUT2D eigenvalue weighted by Crippen LogP contribution is 2.35.